The Morgan fingerprint density at radius 3 is 2.59 bits per heavy atom. The number of ether oxygens (including phenoxy) is 1. The van der Waals surface area contributed by atoms with Crippen molar-refractivity contribution in [3.63, 3.8) is 0 Å². The average Bonchev–Trinajstić information content (AvgIpc) is 3.24. The van der Waals surface area contributed by atoms with Crippen LogP contribution in [0.2, 0.25) is 0 Å². The summed E-state index contributed by atoms with van der Waals surface area (Å²) in [7, 11) is 1.77. The van der Waals surface area contributed by atoms with Gasteiger partial charge in [-0.05, 0) is 69.7 Å². The predicted octanol–water partition coefficient (Wildman–Crippen LogP) is 4.17. The summed E-state index contributed by atoms with van der Waals surface area (Å²) in [5, 5.41) is 0. The fraction of sp³-hybridized carbons (Fsp3) is 0.533. The largest absolute Gasteiger partial charge is 0.463 e. The van der Waals surface area contributed by atoms with E-state index in [1.807, 2.05) is 57.0 Å². The molecule has 0 aliphatic carbocycles. The van der Waals surface area contributed by atoms with Gasteiger partial charge in [0.05, 0.1) is 17.1 Å². The minimum atomic E-state index is -0.0903. The topological polar surface area (TPSA) is 112 Å². The Labute approximate surface area is 231 Å². The van der Waals surface area contributed by atoms with Gasteiger partial charge in [0, 0.05) is 63.9 Å². The van der Waals surface area contributed by atoms with Gasteiger partial charge in [-0.2, -0.15) is 0 Å². The van der Waals surface area contributed by atoms with Gasteiger partial charge in [0.1, 0.15) is 5.82 Å². The molecule has 3 aromatic rings. The molecular weight excluding hydrogens is 494 g/mol. The predicted molar refractivity (Wildman–Crippen MR) is 154 cm³/mol. The maximum Gasteiger partial charge on any atom is 0.306 e. The molecule has 4 rings (SSSR count). The van der Waals surface area contributed by atoms with E-state index in [-0.39, 0.29) is 23.5 Å². The Bertz CT molecular complexity index is 1330. The Morgan fingerprint density at radius 1 is 1.23 bits per heavy atom. The van der Waals surface area contributed by atoms with Gasteiger partial charge in [0.2, 0.25) is 5.91 Å². The first kappa shape index (κ1) is 30.1. The van der Waals surface area contributed by atoms with Crippen molar-refractivity contribution in [1.29, 1.82) is 0 Å². The molecule has 1 atom stereocenters. The molecule has 0 bridgehead atoms. The van der Waals surface area contributed by atoms with Crippen molar-refractivity contribution in [2.75, 3.05) is 13.1 Å². The zero-order chi connectivity index (χ0) is 28.7. The van der Waals surface area contributed by atoms with Gasteiger partial charge >= 0.3 is 5.97 Å². The van der Waals surface area contributed by atoms with Crippen molar-refractivity contribution in [3.05, 3.63) is 51.9 Å². The van der Waals surface area contributed by atoms with Crippen LogP contribution in [0.1, 0.15) is 64.5 Å². The highest BCUT2D eigenvalue weighted by Gasteiger charge is 2.24. The molecule has 9 nitrogen and oxygen atoms in total. The van der Waals surface area contributed by atoms with E-state index in [0.717, 1.165) is 66.9 Å². The fourth-order valence-electron chi connectivity index (χ4n) is 4.98. The third kappa shape index (κ3) is 7.79. The van der Waals surface area contributed by atoms with E-state index < -0.39 is 0 Å². The number of hydrogen-bond donors (Lipinski definition) is 1. The van der Waals surface area contributed by atoms with Crippen LogP contribution in [0.4, 0.5) is 0 Å². The zero-order valence-corrected chi connectivity index (χ0v) is 24.2. The Kier molecular flexibility index (Phi) is 10.5. The molecule has 2 aromatic heterocycles. The van der Waals surface area contributed by atoms with Crippen LogP contribution in [-0.2, 0) is 34.5 Å². The highest BCUT2D eigenvalue weighted by molar-refractivity contribution is 5.81. The monoisotopic (exact) mass is 537 g/mol. The van der Waals surface area contributed by atoms with Crippen molar-refractivity contribution < 1.29 is 14.3 Å². The Hall–Kier alpha value is -3.46. The lowest BCUT2D eigenvalue weighted by Crippen LogP contribution is -2.39. The minimum absolute atomic E-state index is 0.00351. The van der Waals surface area contributed by atoms with E-state index in [0.29, 0.717) is 24.4 Å². The van der Waals surface area contributed by atoms with E-state index in [1.54, 1.807) is 18.5 Å². The van der Waals surface area contributed by atoms with Crippen molar-refractivity contribution in [2.24, 2.45) is 18.7 Å². The molecule has 2 N–H and O–H groups in total. The highest BCUT2D eigenvalue weighted by Crippen LogP contribution is 2.29. The molecular formula is C30H43N5O4. The molecule has 1 aliphatic heterocycles. The molecule has 0 radical (unpaired) electrons. The van der Waals surface area contributed by atoms with Gasteiger partial charge in [-0.25, -0.2) is 4.98 Å². The number of aromatic nitrogens is 3. The first-order chi connectivity index (χ1) is 18.5. The summed E-state index contributed by atoms with van der Waals surface area (Å²) >= 11 is 0. The first-order valence-electron chi connectivity index (χ1n) is 13.9. The highest BCUT2D eigenvalue weighted by atomic mass is 16.5. The summed E-state index contributed by atoms with van der Waals surface area (Å²) in [6.07, 6.45) is 5.37. The number of pyridine rings is 1. The van der Waals surface area contributed by atoms with E-state index in [2.05, 4.69) is 10.6 Å². The number of carbonyl (C=O) groups excluding carboxylic acids is 2. The van der Waals surface area contributed by atoms with Crippen LogP contribution in [0, 0.1) is 12.8 Å². The summed E-state index contributed by atoms with van der Waals surface area (Å²) in [5.41, 5.74) is 10.5. The standard InChI is InChI=1S/C23H29N5O2.C7H14O2/c1-15-9-19(14-26(3)23(15)30)22-25-20-7-6-17(11-24)10-21(20)28(22)13-18-5-4-8-27(12-18)16(2)29;1-4-5-7(8)9-6(2)3/h6-7,9-10,14,18H,4-5,8,11-13,24H2,1-3H3;6H,4-5H2,1-3H3. The zero-order valence-electron chi connectivity index (χ0n) is 24.2. The third-order valence-electron chi connectivity index (χ3n) is 6.90. The van der Waals surface area contributed by atoms with Gasteiger partial charge in [-0.1, -0.05) is 13.0 Å². The number of amides is 1. The normalized spacial score (nSPS) is 15.3. The van der Waals surface area contributed by atoms with Gasteiger partial charge < -0.3 is 24.5 Å². The molecule has 1 fully saturated rings. The molecule has 1 aliphatic rings. The summed E-state index contributed by atoms with van der Waals surface area (Å²) in [5.74, 6) is 1.24. The van der Waals surface area contributed by atoms with Crippen molar-refractivity contribution in [3.8, 4) is 11.4 Å². The molecule has 3 heterocycles. The lowest BCUT2D eigenvalue weighted by Gasteiger charge is -2.32. The van der Waals surface area contributed by atoms with Crippen LogP contribution in [0.3, 0.4) is 0 Å². The lowest BCUT2D eigenvalue weighted by molar-refractivity contribution is -0.147. The molecule has 1 aromatic carbocycles. The molecule has 1 unspecified atom stereocenters. The van der Waals surface area contributed by atoms with Gasteiger partial charge in [0.25, 0.3) is 5.56 Å². The average molecular weight is 538 g/mol. The fourth-order valence-corrected chi connectivity index (χ4v) is 4.98. The second kappa shape index (κ2) is 13.6. The number of nitrogens with two attached hydrogens (primary N) is 1. The summed E-state index contributed by atoms with van der Waals surface area (Å²) in [4.78, 5) is 41.6. The molecule has 9 heteroatoms. The van der Waals surface area contributed by atoms with Crippen LogP contribution >= 0.6 is 0 Å². The third-order valence-corrected chi connectivity index (χ3v) is 6.90. The molecule has 1 amide bonds. The molecule has 39 heavy (non-hydrogen) atoms. The first-order valence-corrected chi connectivity index (χ1v) is 13.9. The quantitative estimate of drug-likeness (QED) is 0.453. The number of hydrogen-bond acceptors (Lipinski definition) is 6. The molecule has 0 saturated carbocycles. The van der Waals surface area contributed by atoms with E-state index in [1.165, 1.54) is 0 Å². The van der Waals surface area contributed by atoms with Crippen LogP contribution in [0.5, 0.6) is 0 Å². The number of benzene rings is 1. The van der Waals surface area contributed by atoms with Crippen LogP contribution in [0.15, 0.2) is 35.3 Å². The van der Waals surface area contributed by atoms with Crippen molar-refractivity contribution in [1.82, 2.24) is 19.0 Å². The maximum atomic E-state index is 12.2. The van der Waals surface area contributed by atoms with Crippen molar-refractivity contribution >= 4 is 22.9 Å². The van der Waals surface area contributed by atoms with Gasteiger partial charge in [-0.3, -0.25) is 14.4 Å². The molecule has 1 saturated heterocycles. The number of esters is 1. The Balaban J connectivity index is 0.000000403. The van der Waals surface area contributed by atoms with E-state index >= 15 is 0 Å². The minimum Gasteiger partial charge on any atom is -0.463 e. The van der Waals surface area contributed by atoms with E-state index in [4.69, 9.17) is 15.5 Å². The number of aryl methyl sites for hydroxylation is 2. The van der Waals surface area contributed by atoms with Crippen molar-refractivity contribution in [2.45, 2.75) is 79.5 Å². The number of carbonyl (C=O) groups is 2. The number of nitrogens with zero attached hydrogens (tertiary/aromatic N) is 4. The Morgan fingerprint density at radius 2 is 1.97 bits per heavy atom. The number of piperidine rings is 1. The molecule has 0 spiro atoms. The van der Waals surface area contributed by atoms with Gasteiger partial charge in [-0.15, -0.1) is 0 Å². The smallest absolute Gasteiger partial charge is 0.306 e. The summed E-state index contributed by atoms with van der Waals surface area (Å²) in [6.45, 7) is 12.0. The second-order valence-corrected chi connectivity index (χ2v) is 10.7. The lowest BCUT2D eigenvalue weighted by atomic mass is 9.97. The SMILES string of the molecule is CC(=O)N1CCCC(Cn2c(-c3cc(C)c(=O)n(C)c3)nc3ccc(CN)cc32)C1.CCCC(=O)OC(C)C. The number of rotatable bonds is 7. The summed E-state index contributed by atoms with van der Waals surface area (Å²) < 4.78 is 8.70. The molecule has 212 valence electrons. The summed E-state index contributed by atoms with van der Waals surface area (Å²) in [6, 6.07) is 8.03. The maximum absolute atomic E-state index is 12.2. The van der Waals surface area contributed by atoms with Gasteiger partial charge in [0.15, 0.2) is 0 Å². The number of fused-ring (bicyclic) bond motifs is 1. The second-order valence-electron chi connectivity index (χ2n) is 10.7. The van der Waals surface area contributed by atoms with Crippen LogP contribution < -0.4 is 11.3 Å². The number of likely N-dealkylation sites (tertiary alicyclic amines) is 1. The van der Waals surface area contributed by atoms with Crippen LogP contribution in [-0.4, -0.2) is 50.1 Å². The van der Waals surface area contributed by atoms with E-state index in [9.17, 15) is 14.4 Å². The van der Waals surface area contributed by atoms with Crippen LogP contribution in [0.25, 0.3) is 22.4 Å². The number of imidazole rings is 1.